The third-order valence-corrected chi connectivity index (χ3v) is 7.02. The highest BCUT2D eigenvalue weighted by atomic mass is 35.5. The van der Waals surface area contributed by atoms with E-state index in [0.29, 0.717) is 6.54 Å². The van der Waals surface area contributed by atoms with Crippen LogP contribution in [0.5, 0.6) is 0 Å². The van der Waals surface area contributed by atoms with E-state index in [9.17, 15) is 4.79 Å². The predicted molar refractivity (Wildman–Crippen MR) is 132 cm³/mol. The number of hydrogen-bond acceptors (Lipinski definition) is 6. The molecule has 0 bridgehead atoms. The van der Waals surface area contributed by atoms with Crippen molar-refractivity contribution in [1.82, 2.24) is 9.88 Å². The van der Waals surface area contributed by atoms with Crippen LogP contribution in [0.25, 0.3) is 10.2 Å². The van der Waals surface area contributed by atoms with Crippen LogP contribution < -0.4 is 4.90 Å². The first-order valence-electron chi connectivity index (χ1n) is 9.17. The second kappa shape index (κ2) is 11.2. The molecule has 0 N–H and O–H groups in total. The minimum Gasteiger partial charge on any atom is -0.308 e. The Hall–Kier alpha value is -1.25. The van der Waals surface area contributed by atoms with E-state index in [-0.39, 0.29) is 18.3 Å². The third-order valence-electron chi connectivity index (χ3n) is 4.25. The van der Waals surface area contributed by atoms with Gasteiger partial charge in [0, 0.05) is 22.9 Å². The highest BCUT2D eigenvalue weighted by Gasteiger charge is 2.24. The second-order valence-electron chi connectivity index (χ2n) is 6.49. The zero-order valence-electron chi connectivity index (χ0n) is 17.0. The summed E-state index contributed by atoms with van der Waals surface area (Å²) in [6.45, 7) is 3.48. The van der Waals surface area contributed by atoms with Gasteiger partial charge in [-0.2, -0.15) is 0 Å². The van der Waals surface area contributed by atoms with E-state index in [1.165, 1.54) is 0 Å². The smallest absolute Gasteiger partial charge is 0.261 e. The van der Waals surface area contributed by atoms with Gasteiger partial charge in [-0.15, -0.1) is 35.9 Å². The SMILES string of the molecule is CCSc1ccccc1C(=O)N(CCN(C)C)c1nc2c(SC)cccc2s1.Cl. The fourth-order valence-electron chi connectivity index (χ4n) is 2.85. The van der Waals surface area contributed by atoms with Crippen LogP contribution >= 0.6 is 47.3 Å². The number of para-hydroxylation sites is 1. The van der Waals surface area contributed by atoms with E-state index in [2.05, 4.69) is 36.3 Å². The molecule has 4 nitrogen and oxygen atoms in total. The number of fused-ring (bicyclic) bond motifs is 1. The number of carbonyl (C=O) groups is 1. The number of nitrogens with zero attached hydrogens (tertiary/aromatic N) is 3. The summed E-state index contributed by atoms with van der Waals surface area (Å²) in [7, 11) is 4.04. The molecule has 0 unspecified atom stereocenters. The van der Waals surface area contributed by atoms with Crippen LogP contribution in [0, 0.1) is 0 Å². The van der Waals surface area contributed by atoms with Gasteiger partial charge in [0.05, 0.1) is 15.8 Å². The van der Waals surface area contributed by atoms with Crippen LogP contribution in [-0.2, 0) is 0 Å². The number of anilines is 1. The quantitative estimate of drug-likeness (QED) is 0.393. The molecule has 0 saturated carbocycles. The van der Waals surface area contributed by atoms with Gasteiger partial charge in [0.25, 0.3) is 5.91 Å². The molecule has 0 aliphatic carbocycles. The maximum atomic E-state index is 13.5. The maximum absolute atomic E-state index is 13.5. The molecule has 29 heavy (non-hydrogen) atoms. The zero-order valence-corrected chi connectivity index (χ0v) is 20.3. The van der Waals surface area contributed by atoms with Crippen molar-refractivity contribution >= 4 is 68.5 Å². The maximum Gasteiger partial charge on any atom is 0.261 e. The van der Waals surface area contributed by atoms with E-state index in [0.717, 1.165) is 43.0 Å². The largest absolute Gasteiger partial charge is 0.308 e. The summed E-state index contributed by atoms with van der Waals surface area (Å²) in [5.74, 6) is 0.948. The summed E-state index contributed by atoms with van der Waals surface area (Å²) >= 11 is 4.97. The molecule has 156 valence electrons. The lowest BCUT2D eigenvalue weighted by Crippen LogP contribution is -2.37. The van der Waals surface area contributed by atoms with Crippen molar-refractivity contribution in [2.75, 3.05) is 44.1 Å². The van der Waals surface area contributed by atoms with Gasteiger partial charge in [-0.3, -0.25) is 9.69 Å². The molecule has 0 radical (unpaired) electrons. The van der Waals surface area contributed by atoms with Crippen LogP contribution in [-0.4, -0.2) is 55.0 Å². The van der Waals surface area contributed by atoms with Crippen molar-refractivity contribution in [3.05, 3.63) is 48.0 Å². The Balaban J connectivity index is 0.00000300. The molecular formula is C21H26ClN3OS3. The summed E-state index contributed by atoms with van der Waals surface area (Å²) in [6.07, 6.45) is 2.06. The second-order valence-corrected chi connectivity index (χ2v) is 9.66. The molecule has 3 rings (SSSR count). The minimum atomic E-state index is 0. The number of halogens is 1. The van der Waals surface area contributed by atoms with Gasteiger partial charge < -0.3 is 4.90 Å². The number of carbonyl (C=O) groups excluding carboxylic acids is 1. The number of thioether (sulfide) groups is 2. The van der Waals surface area contributed by atoms with Crippen molar-refractivity contribution in [2.45, 2.75) is 16.7 Å². The lowest BCUT2D eigenvalue weighted by Gasteiger charge is -2.23. The number of likely N-dealkylation sites (N-methyl/N-ethyl adjacent to an activating group) is 1. The lowest BCUT2D eigenvalue weighted by atomic mass is 10.2. The van der Waals surface area contributed by atoms with Crippen LogP contribution in [0.3, 0.4) is 0 Å². The summed E-state index contributed by atoms with van der Waals surface area (Å²) in [4.78, 5) is 24.5. The topological polar surface area (TPSA) is 36.4 Å². The van der Waals surface area contributed by atoms with Gasteiger partial charge in [-0.1, -0.05) is 36.5 Å². The minimum absolute atomic E-state index is 0. The Labute approximate surface area is 191 Å². The summed E-state index contributed by atoms with van der Waals surface area (Å²) in [5, 5.41) is 0.764. The summed E-state index contributed by atoms with van der Waals surface area (Å²) in [5.41, 5.74) is 1.73. The molecule has 1 amide bonds. The van der Waals surface area contributed by atoms with Crippen LogP contribution in [0.15, 0.2) is 52.3 Å². The highest BCUT2D eigenvalue weighted by Crippen LogP contribution is 2.35. The van der Waals surface area contributed by atoms with Crippen LogP contribution in [0.2, 0.25) is 0 Å². The first-order chi connectivity index (χ1) is 13.5. The Morgan fingerprint density at radius 1 is 1.07 bits per heavy atom. The standard InChI is InChI=1S/C21H25N3OS3.ClH/c1-5-27-16-10-7-6-9-15(16)20(25)24(14-13-23(2)3)21-22-19-17(26-4)11-8-12-18(19)28-21;/h6-12H,5,13-14H2,1-4H3;1H. The van der Waals surface area contributed by atoms with Crippen LogP contribution in [0.4, 0.5) is 5.13 Å². The molecule has 0 fully saturated rings. The molecule has 1 heterocycles. The van der Waals surface area contributed by atoms with Gasteiger partial charge in [-0.05, 0) is 50.4 Å². The molecule has 0 aliphatic rings. The number of benzene rings is 2. The highest BCUT2D eigenvalue weighted by molar-refractivity contribution is 7.99. The average molecular weight is 468 g/mol. The summed E-state index contributed by atoms with van der Waals surface area (Å²) in [6, 6.07) is 14.1. The fourth-order valence-corrected chi connectivity index (χ4v) is 5.29. The van der Waals surface area contributed by atoms with E-state index in [1.54, 1.807) is 34.9 Å². The molecule has 0 atom stereocenters. The van der Waals surface area contributed by atoms with Gasteiger partial charge in [0.1, 0.15) is 0 Å². The molecular weight excluding hydrogens is 442 g/mol. The molecule has 0 spiro atoms. The molecule has 2 aromatic carbocycles. The number of rotatable bonds is 8. The van der Waals surface area contributed by atoms with E-state index in [1.807, 2.05) is 43.3 Å². The van der Waals surface area contributed by atoms with Crippen molar-refractivity contribution in [1.29, 1.82) is 0 Å². The Morgan fingerprint density at radius 2 is 1.79 bits per heavy atom. The summed E-state index contributed by atoms with van der Waals surface area (Å²) < 4.78 is 1.11. The van der Waals surface area contributed by atoms with Crippen LogP contribution in [0.1, 0.15) is 17.3 Å². The molecule has 8 heteroatoms. The van der Waals surface area contributed by atoms with Crippen molar-refractivity contribution in [3.8, 4) is 0 Å². The Morgan fingerprint density at radius 3 is 2.48 bits per heavy atom. The van der Waals surface area contributed by atoms with Crippen molar-refractivity contribution < 1.29 is 4.79 Å². The Bertz CT molecular complexity index is 961. The first-order valence-corrected chi connectivity index (χ1v) is 12.2. The monoisotopic (exact) mass is 467 g/mol. The molecule has 3 aromatic rings. The van der Waals surface area contributed by atoms with E-state index < -0.39 is 0 Å². The molecule has 1 aromatic heterocycles. The lowest BCUT2D eigenvalue weighted by molar-refractivity contribution is 0.0982. The molecule has 0 saturated heterocycles. The Kier molecular flexibility index (Phi) is 9.30. The number of amides is 1. The predicted octanol–water partition coefficient (Wildman–Crippen LogP) is 5.76. The van der Waals surface area contributed by atoms with Gasteiger partial charge in [0.2, 0.25) is 0 Å². The number of hydrogen-bond donors (Lipinski definition) is 0. The van der Waals surface area contributed by atoms with Crippen molar-refractivity contribution in [2.24, 2.45) is 0 Å². The molecule has 0 aliphatic heterocycles. The zero-order chi connectivity index (χ0) is 20.1. The van der Waals surface area contributed by atoms with E-state index >= 15 is 0 Å². The van der Waals surface area contributed by atoms with Crippen molar-refractivity contribution in [3.63, 3.8) is 0 Å². The number of aromatic nitrogens is 1. The van der Waals surface area contributed by atoms with Gasteiger partial charge in [-0.25, -0.2) is 4.98 Å². The van der Waals surface area contributed by atoms with Gasteiger partial charge >= 0.3 is 0 Å². The number of thiazole rings is 1. The fraction of sp³-hybridized carbons (Fsp3) is 0.333. The van der Waals surface area contributed by atoms with E-state index in [4.69, 9.17) is 4.98 Å². The first kappa shape index (κ1) is 24.0. The normalized spacial score (nSPS) is 10.9. The van der Waals surface area contributed by atoms with Gasteiger partial charge in [0.15, 0.2) is 5.13 Å². The third kappa shape index (κ3) is 5.67. The average Bonchev–Trinajstić information content (AvgIpc) is 3.12.